The molecule has 31 heavy (non-hydrogen) atoms. The van der Waals surface area contributed by atoms with Crippen LogP contribution in [0.3, 0.4) is 0 Å². The zero-order valence-electron chi connectivity index (χ0n) is 21.3. The lowest BCUT2D eigenvalue weighted by atomic mass is 9.47. The number of hydrogen-bond acceptors (Lipinski definition) is 2. The maximum Gasteiger partial charge on any atom is 0.0668 e. The fourth-order valence-corrected chi connectivity index (χ4v) is 9.17. The summed E-state index contributed by atoms with van der Waals surface area (Å²) < 4.78 is 0. The Bertz CT molecular complexity index is 682. The summed E-state index contributed by atoms with van der Waals surface area (Å²) in [5.74, 6) is 4.42. The van der Waals surface area contributed by atoms with Gasteiger partial charge in [0.2, 0.25) is 0 Å². The van der Waals surface area contributed by atoms with E-state index >= 15 is 0 Å². The number of allylic oxidation sites excluding steroid dienone is 1. The van der Waals surface area contributed by atoms with Crippen LogP contribution in [0.5, 0.6) is 0 Å². The van der Waals surface area contributed by atoms with Crippen LogP contribution in [0.15, 0.2) is 11.6 Å². The molecule has 4 rings (SSSR count). The smallest absolute Gasteiger partial charge is 0.0668 e. The second kappa shape index (κ2) is 8.46. The maximum atomic E-state index is 11.1. The van der Waals surface area contributed by atoms with Crippen LogP contribution in [0.25, 0.3) is 0 Å². The van der Waals surface area contributed by atoms with E-state index in [9.17, 15) is 10.2 Å². The van der Waals surface area contributed by atoms with Gasteiger partial charge in [0, 0.05) is 0 Å². The molecule has 3 saturated carbocycles. The van der Waals surface area contributed by atoms with E-state index in [-0.39, 0.29) is 6.10 Å². The molecule has 4 aliphatic carbocycles. The summed E-state index contributed by atoms with van der Waals surface area (Å²) in [6, 6.07) is 0. The van der Waals surface area contributed by atoms with Crippen LogP contribution in [-0.2, 0) is 0 Å². The fourth-order valence-electron chi connectivity index (χ4n) is 9.17. The van der Waals surface area contributed by atoms with E-state index in [2.05, 4.69) is 47.6 Å². The standard InChI is InChI=1S/C29H50O2/c1-7-29(31,19(2)3)17-12-20(4)24-10-11-25-23-9-8-21-18-22(30)13-15-27(21,5)26(23)14-16-28(24,25)6/h8,19-20,22-26,30-31H,7,9-18H2,1-6H3/t20-,22+,23?,24-,25?,26?,27+,28-,29?/m1/s1. The summed E-state index contributed by atoms with van der Waals surface area (Å²) in [5.41, 5.74) is 1.93. The van der Waals surface area contributed by atoms with Crippen molar-refractivity contribution in [1.82, 2.24) is 0 Å². The second-order valence-electron chi connectivity index (χ2n) is 13.0. The van der Waals surface area contributed by atoms with Gasteiger partial charge >= 0.3 is 0 Å². The molecule has 4 unspecified atom stereocenters. The van der Waals surface area contributed by atoms with E-state index < -0.39 is 5.60 Å². The Morgan fingerprint density at radius 2 is 1.81 bits per heavy atom. The van der Waals surface area contributed by atoms with E-state index in [1.165, 1.54) is 44.9 Å². The molecule has 0 bridgehead atoms. The van der Waals surface area contributed by atoms with Crippen molar-refractivity contribution in [1.29, 1.82) is 0 Å². The number of aliphatic hydroxyl groups excluding tert-OH is 1. The fraction of sp³-hybridized carbons (Fsp3) is 0.931. The summed E-state index contributed by atoms with van der Waals surface area (Å²) in [6.07, 6.45) is 15.4. The zero-order chi connectivity index (χ0) is 22.6. The summed E-state index contributed by atoms with van der Waals surface area (Å²) in [4.78, 5) is 0. The zero-order valence-corrected chi connectivity index (χ0v) is 21.3. The van der Waals surface area contributed by atoms with E-state index in [4.69, 9.17) is 0 Å². The number of fused-ring (bicyclic) bond motifs is 5. The monoisotopic (exact) mass is 430 g/mol. The average molecular weight is 431 g/mol. The first-order chi connectivity index (χ1) is 14.5. The molecule has 0 aromatic heterocycles. The number of aliphatic hydroxyl groups is 2. The van der Waals surface area contributed by atoms with Crippen LogP contribution in [0, 0.1) is 46.3 Å². The van der Waals surface area contributed by atoms with Gasteiger partial charge in [-0.15, -0.1) is 0 Å². The van der Waals surface area contributed by atoms with Gasteiger partial charge in [-0.25, -0.2) is 0 Å². The normalized spacial score (nSPS) is 45.3. The Kier molecular flexibility index (Phi) is 6.50. The minimum Gasteiger partial charge on any atom is -0.393 e. The third-order valence-electron chi connectivity index (χ3n) is 11.6. The van der Waals surface area contributed by atoms with Gasteiger partial charge in [0.15, 0.2) is 0 Å². The number of hydrogen-bond donors (Lipinski definition) is 2. The molecular formula is C29H50O2. The van der Waals surface area contributed by atoms with Crippen LogP contribution < -0.4 is 0 Å². The molecule has 0 aromatic rings. The first kappa shape index (κ1) is 23.8. The lowest BCUT2D eigenvalue weighted by molar-refractivity contribution is -0.0615. The molecule has 4 aliphatic rings. The van der Waals surface area contributed by atoms with Crippen LogP contribution in [0.4, 0.5) is 0 Å². The van der Waals surface area contributed by atoms with E-state index in [1.807, 2.05) is 0 Å². The van der Waals surface area contributed by atoms with Crippen molar-refractivity contribution in [2.45, 2.75) is 124 Å². The van der Waals surface area contributed by atoms with Crippen molar-refractivity contribution in [3.8, 4) is 0 Å². The molecule has 178 valence electrons. The van der Waals surface area contributed by atoms with Crippen molar-refractivity contribution < 1.29 is 10.2 Å². The molecule has 0 spiro atoms. The van der Waals surface area contributed by atoms with Crippen molar-refractivity contribution in [2.75, 3.05) is 0 Å². The molecule has 0 aromatic carbocycles. The summed E-state index contributed by atoms with van der Waals surface area (Å²) in [5, 5.41) is 21.3. The Morgan fingerprint density at radius 3 is 2.48 bits per heavy atom. The predicted octanol–water partition coefficient (Wildman–Crippen LogP) is 7.14. The minimum absolute atomic E-state index is 0.103. The second-order valence-corrected chi connectivity index (χ2v) is 13.0. The van der Waals surface area contributed by atoms with Gasteiger partial charge in [0.25, 0.3) is 0 Å². The van der Waals surface area contributed by atoms with Gasteiger partial charge in [0.05, 0.1) is 11.7 Å². The minimum atomic E-state index is -0.491. The summed E-state index contributed by atoms with van der Waals surface area (Å²) >= 11 is 0. The van der Waals surface area contributed by atoms with Gasteiger partial charge in [-0.1, -0.05) is 53.2 Å². The van der Waals surface area contributed by atoms with Gasteiger partial charge in [-0.3, -0.25) is 0 Å². The topological polar surface area (TPSA) is 40.5 Å². The largest absolute Gasteiger partial charge is 0.393 e. The van der Waals surface area contributed by atoms with Crippen LogP contribution in [0.2, 0.25) is 0 Å². The van der Waals surface area contributed by atoms with Gasteiger partial charge in [-0.2, -0.15) is 0 Å². The first-order valence-electron chi connectivity index (χ1n) is 13.6. The molecule has 0 radical (unpaired) electrons. The molecule has 2 N–H and O–H groups in total. The van der Waals surface area contributed by atoms with Crippen LogP contribution >= 0.6 is 0 Å². The highest BCUT2D eigenvalue weighted by Crippen LogP contribution is 2.67. The maximum absolute atomic E-state index is 11.1. The SMILES string of the molecule is CCC(O)(CC[C@@H](C)[C@H]1CCC2C3CC=C4C[C@@H](O)CC[C@]4(C)C3CC[C@@]21C)C(C)C. The molecule has 0 aliphatic heterocycles. The predicted molar refractivity (Wildman–Crippen MR) is 130 cm³/mol. The Hall–Kier alpha value is -0.340. The van der Waals surface area contributed by atoms with Crippen LogP contribution in [-0.4, -0.2) is 21.9 Å². The Balaban J connectivity index is 1.48. The first-order valence-corrected chi connectivity index (χ1v) is 13.6. The van der Waals surface area contributed by atoms with Gasteiger partial charge in [0.1, 0.15) is 0 Å². The van der Waals surface area contributed by atoms with E-state index in [1.54, 1.807) is 5.57 Å². The van der Waals surface area contributed by atoms with Crippen molar-refractivity contribution in [2.24, 2.45) is 46.3 Å². The third kappa shape index (κ3) is 3.86. The van der Waals surface area contributed by atoms with E-state index in [0.717, 1.165) is 49.4 Å². The lowest BCUT2D eigenvalue weighted by Gasteiger charge is -2.58. The summed E-state index contributed by atoms with van der Waals surface area (Å²) in [7, 11) is 0. The molecule has 0 saturated heterocycles. The Morgan fingerprint density at radius 1 is 1.06 bits per heavy atom. The van der Waals surface area contributed by atoms with Gasteiger partial charge in [-0.05, 0) is 117 Å². The highest BCUT2D eigenvalue weighted by molar-refractivity contribution is 5.25. The molecular weight excluding hydrogens is 380 g/mol. The third-order valence-corrected chi connectivity index (χ3v) is 11.6. The lowest BCUT2D eigenvalue weighted by Crippen LogP contribution is -2.50. The molecule has 3 fully saturated rings. The summed E-state index contributed by atoms with van der Waals surface area (Å²) in [6.45, 7) is 14.2. The molecule has 0 heterocycles. The highest BCUT2D eigenvalue weighted by Gasteiger charge is 2.59. The molecule has 9 atom stereocenters. The number of rotatable bonds is 6. The Labute approximate surface area is 192 Å². The molecule has 2 heteroatoms. The average Bonchev–Trinajstić information content (AvgIpc) is 3.09. The van der Waals surface area contributed by atoms with Crippen LogP contribution in [0.1, 0.15) is 112 Å². The van der Waals surface area contributed by atoms with Crippen molar-refractivity contribution in [3.05, 3.63) is 11.6 Å². The highest BCUT2D eigenvalue weighted by atomic mass is 16.3. The van der Waals surface area contributed by atoms with E-state index in [0.29, 0.717) is 22.7 Å². The van der Waals surface area contributed by atoms with Crippen molar-refractivity contribution in [3.63, 3.8) is 0 Å². The molecule has 2 nitrogen and oxygen atoms in total. The van der Waals surface area contributed by atoms with Gasteiger partial charge < -0.3 is 10.2 Å². The van der Waals surface area contributed by atoms with Crippen molar-refractivity contribution >= 4 is 0 Å². The quantitative estimate of drug-likeness (QED) is 0.440. The molecule has 0 amide bonds.